The van der Waals surface area contributed by atoms with Gasteiger partial charge in [0.1, 0.15) is 0 Å². The van der Waals surface area contributed by atoms with E-state index in [1.165, 1.54) is 0 Å². The lowest BCUT2D eigenvalue weighted by molar-refractivity contribution is 0.0346. The van der Waals surface area contributed by atoms with Gasteiger partial charge in [0.25, 0.3) is 5.91 Å². The van der Waals surface area contributed by atoms with Gasteiger partial charge in [-0.25, -0.2) is 4.98 Å². The molecule has 1 aliphatic heterocycles. The highest BCUT2D eigenvalue weighted by Gasteiger charge is 2.29. The minimum absolute atomic E-state index is 0.133. The van der Waals surface area contributed by atoms with E-state index < -0.39 is 6.10 Å². The average Bonchev–Trinajstić information content (AvgIpc) is 3.05. The predicted molar refractivity (Wildman–Crippen MR) is 95.3 cm³/mol. The third kappa shape index (κ3) is 4.11. The van der Waals surface area contributed by atoms with Gasteiger partial charge in [0, 0.05) is 37.6 Å². The molecule has 0 aliphatic carbocycles. The van der Waals surface area contributed by atoms with Crippen molar-refractivity contribution in [2.45, 2.75) is 25.1 Å². The number of thiazole rings is 1. The number of carbonyl (C=O) groups is 1. The minimum atomic E-state index is -0.575. The number of β-amino-alcohol motifs (C(OH)–C–C–N with tert-alkyl or cyclic N) is 1. The number of likely N-dealkylation sites (tertiary alicyclic amines) is 1. The lowest BCUT2D eigenvalue weighted by atomic mass is 10.0. The van der Waals surface area contributed by atoms with Gasteiger partial charge in [-0.3, -0.25) is 9.69 Å². The molecule has 1 aliphatic rings. The summed E-state index contributed by atoms with van der Waals surface area (Å²) < 4.78 is 0. The van der Waals surface area contributed by atoms with E-state index in [0.717, 1.165) is 23.8 Å². The zero-order valence-electron chi connectivity index (χ0n) is 13.6. The van der Waals surface area contributed by atoms with E-state index >= 15 is 0 Å². The standard InChI is InChI=1S/C17H22N4O2S/c1-18-17-19-13(11-24-17)9-21-8-7-14(15(22)10-21)20-16(23)12-5-3-2-4-6-12/h2-6,11,14-15,22H,7-10H2,1H3,(H,18,19)(H,20,23). The van der Waals surface area contributed by atoms with Crippen molar-refractivity contribution in [3.63, 3.8) is 0 Å². The van der Waals surface area contributed by atoms with Crippen LogP contribution in [0.4, 0.5) is 5.13 Å². The molecule has 2 unspecified atom stereocenters. The first-order chi connectivity index (χ1) is 11.7. The van der Waals surface area contributed by atoms with Crippen LogP contribution in [0.2, 0.25) is 0 Å². The van der Waals surface area contributed by atoms with Gasteiger partial charge < -0.3 is 15.7 Å². The van der Waals surface area contributed by atoms with Crippen molar-refractivity contribution in [2.75, 3.05) is 25.5 Å². The van der Waals surface area contributed by atoms with Gasteiger partial charge in [-0.2, -0.15) is 0 Å². The average molecular weight is 346 g/mol. The molecule has 3 rings (SSSR count). The summed E-state index contributed by atoms with van der Waals surface area (Å²) in [6.07, 6.45) is 0.150. The SMILES string of the molecule is CNc1nc(CN2CCC(NC(=O)c3ccccc3)C(O)C2)cs1. The van der Waals surface area contributed by atoms with Crippen LogP contribution < -0.4 is 10.6 Å². The van der Waals surface area contributed by atoms with Crippen molar-refractivity contribution in [1.82, 2.24) is 15.2 Å². The molecule has 2 aromatic rings. The molecular formula is C17H22N4O2S. The fourth-order valence-corrected chi connectivity index (χ4v) is 3.54. The van der Waals surface area contributed by atoms with Crippen molar-refractivity contribution >= 4 is 22.4 Å². The third-order valence-electron chi connectivity index (χ3n) is 4.17. The predicted octanol–water partition coefficient (Wildman–Crippen LogP) is 1.55. The first kappa shape index (κ1) is 16.9. The second-order valence-electron chi connectivity index (χ2n) is 5.93. The molecule has 2 atom stereocenters. The van der Waals surface area contributed by atoms with Crippen molar-refractivity contribution in [3.8, 4) is 0 Å². The third-order valence-corrected chi connectivity index (χ3v) is 5.08. The van der Waals surface area contributed by atoms with Crippen molar-refractivity contribution < 1.29 is 9.90 Å². The number of nitrogens with zero attached hydrogens (tertiary/aromatic N) is 2. The summed E-state index contributed by atoms with van der Waals surface area (Å²) in [5, 5.41) is 19.3. The number of aromatic nitrogens is 1. The van der Waals surface area contributed by atoms with Gasteiger partial charge in [0.15, 0.2) is 5.13 Å². The van der Waals surface area contributed by atoms with Crippen molar-refractivity contribution in [3.05, 3.63) is 47.0 Å². The highest BCUT2D eigenvalue weighted by Crippen LogP contribution is 2.19. The number of aliphatic hydroxyl groups is 1. The molecule has 7 heteroatoms. The Kier molecular flexibility index (Phi) is 5.44. The molecular weight excluding hydrogens is 324 g/mol. The van der Waals surface area contributed by atoms with E-state index in [-0.39, 0.29) is 11.9 Å². The topological polar surface area (TPSA) is 77.5 Å². The largest absolute Gasteiger partial charge is 0.390 e. The molecule has 6 nitrogen and oxygen atoms in total. The van der Waals surface area contributed by atoms with Gasteiger partial charge in [-0.05, 0) is 18.6 Å². The fraction of sp³-hybridized carbons (Fsp3) is 0.412. The Labute approximate surface area is 145 Å². The van der Waals surface area contributed by atoms with E-state index in [4.69, 9.17) is 0 Å². The molecule has 2 heterocycles. The minimum Gasteiger partial charge on any atom is -0.390 e. The maximum Gasteiger partial charge on any atom is 0.251 e. The van der Waals surface area contributed by atoms with Crippen LogP contribution in [0, 0.1) is 0 Å². The molecule has 0 saturated carbocycles. The maximum atomic E-state index is 12.2. The van der Waals surface area contributed by atoms with Gasteiger partial charge in [-0.15, -0.1) is 11.3 Å². The Morgan fingerprint density at radius 2 is 2.21 bits per heavy atom. The van der Waals surface area contributed by atoms with Crippen molar-refractivity contribution in [1.29, 1.82) is 0 Å². The highest BCUT2D eigenvalue weighted by atomic mass is 32.1. The van der Waals surface area contributed by atoms with Crippen molar-refractivity contribution in [2.24, 2.45) is 0 Å². The lowest BCUT2D eigenvalue weighted by Crippen LogP contribution is -2.53. The number of amides is 1. The summed E-state index contributed by atoms with van der Waals surface area (Å²) >= 11 is 1.58. The Morgan fingerprint density at radius 1 is 1.42 bits per heavy atom. The van der Waals surface area contributed by atoms with Crippen LogP contribution in [0.3, 0.4) is 0 Å². The molecule has 1 aromatic carbocycles. The van der Waals surface area contributed by atoms with Crippen LogP contribution in [0.15, 0.2) is 35.7 Å². The van der Waals surface area contributed by atoms with Crippen LogP contribution in [-0.2, 0) is 6.54 Å². The van der Waals surface area contributed by atoms with E-state index in [0.29, 0.717) is 18.7 Å². The number of aliphatic hydroxyl groups excluding tert-OH is 1. The van der Waals surface area contributed by atoms with E-state index in [1.54, 1.807) is 23.5 Å². The summed E-state index contributed by atoms with van der Waals surface area (Å²) in [5.41, 5.74) is 1.62. The molecule has 0 spiro atoms. The molecule has 128 valence electrons. The number of nitrogens with one attached hydrogen (secondary N) is 2. The first-order valence-electron chi connectivity index (χ1n) is 8.04. The zero-order chi connectivity index (χ0) is 16.9. The Balaban J connectivity index is 1.52. The van der Waals surface area contributed by atoms with Crippen LogP contribution in [0.25, 0.3) is 0 Å². The highest BCUT2D eigenvalue weighted by molar-refractivity contribution is 7.13. The zero-order valence-corrected chi connectivity index (χ0v) is 14.4. The number of rotatable bonds is 5. The second-order valence-corrected chi connectivity index (χ2v) is 6.79. The number of benzene rings is 1. The monoisotopic (exact) mass is 346 g/mol. The Hall–Kier alpha value is -1.96. The van der Waals surface area contributed by atoms with Gasteiger partial charge in [0.05, 0.1) is 17.8 Å². The normalized spacial score (nSPS) is 21.4. The summed E-state index contributed by atoms with van der Waals surface area (Å²) in [7, 11) is 1.85. The summed E-state index contributed by atoms with van der Waals surface area (Å²) in [4.78, 5) is 18.9. The van der Waals surface area contributed by atoms with Crippen LogP contribution in [-0.4, -0.2) is 53.2 Å². The molecule has 1 fully saturated rings. The van der Waals surface area contributed by atoms with Crippen LogP contribution in [0.1, 0.15) is 22.5 Å². The van der Waals surface area contributed by atoms with Crippen LogP contribution >= 0.6 is 11.3 Å². The molecule has 1 amide bonds. The first-order valence-corrected chi connectivity index (χ1v) is 8.92. The van der Waals surface area contributed by atoms with Crippen LogP contribution in [0.5, 0.6) is 0 Å². The molecule has 1 aromatic heterocycles. The number of hydrogen-bond donors (Lipinski definition) is 3. The molecule has 0 radical (unpaired) electrons. The molecule has 24 heavy (non-hydrogen) atoms. The maximum absolute atomic E-state index is 12.2. The van der Waals surface area contributed by atoms with Gasteiger partial charge in [0.2, 0.25) is 0 Å². The molecule has 0 bridgehead atoms. The number of piperidine rings is 1. The van der Waals surface area contributed by atoms with Gasteiger partial charge in [-0.1, -0.05) is 18.2 Å². The number of hydrogen-bond acceptors (Lipinski definition) is 6. The van der Waals surface area contributed by atoms with E-state index in [1.807, 2.05) is 30.6 Å². The molecule has 3 N–H and O–H groups in total. The van der Waals surface area contributed by atoms with E-state index in [9.17, 15) is 9.90 Å². The Bertz CT molecular complexity index is 676. The van der Waals surface area contributed by atoms with E-state index in [2.05, 4.69) is 20.5 Å². The summed E-state index contributed by atoms with van der Waals surface area (Å²) in [5.74, 6) is -0.133. The number of anilines is 1. The fourth-order valence-electron chi connectivity index (χ4n) is 2.87. The van der Waals surface area contributed by atoms with Gasteiger partial charge >= 0.3 is 0 Å². The number of carbonyl (C=O) groups excluding carboxylic acids is 1. The quantitative estimate of drug-likeness (QED) is 0.766. The lowest BCUT2D eigenvalue weighted by Gasteiger charge is -2.35. The molecule has 1 saturated heterocycles. The smallest absolute Gasteiger partial charge is 0.251 e. The summed E-state index contributed by atoms with van der Waals surface area (Å²) in [6, 6.07) is 8.89. The summed E-state index contributed by atoms with van der Waals surface area (Å²) in [6.45, 7) is 2.07. The second kappa shape index (κ2) is 7.74. The Morgan fingerprint density at radius 3 is 2.88 bits per heavy atom.